The third kappa shape index (κ3) is 18.2. The summed E-state index contributed by atoms with van der Waals surface area (Å²) in [7, 11) is 0. The van der Waals surface area contributed by atoms with Gasteiger partial charge in [0.15, 0.2) is 5.78 Å². The van der Waals surface area contributed by atoms with Crippen molar-refractivity contribution in [3.63, 3.8) is 0 Å². The van der Waals surface area contributed by atoms with Crippen LogP contribution >= 0.6 is 0 Å². The molecule has 0 heterocycles. The van der Waals surface area contributed by atoms with E-state index in [9.17, 15) is 33.6 Å². The third-order valence-electron chi connectivity index (χ3n) is 10.7. The van der Waals surface area contributed by atoms with E-state index >= 15 is 0 Å². The van der Waals surface area contributed by atoms with Crippen molar-refractivity contribution in [3.8, 4) is 0 Å². The summed E-state index contributed by atoms with van der Waals surface area (Å²) >= 11 is 0. The highest BCUT2D eigenvalue weighted by atomic mass is 16.2. The van der Waals surface area contributed by atoms with E-state index in [1.165, 1.54) is 16.7 Å². The number of nitrogens with two attached hydrogens (primary N) is 1. The zero-order valence-electron chi connectivity index (χ0n) is 35.7. The van der Waals surface area contributed by atoms with E-state index < -0.39 is 29.6 Å². The smallest absolute Gasteiger partial charge is 0.242 e. The van der Waals surface area contributed by atoms with Crippen molar-refractivity contribution in [2.45, 2.75) is 126 Å². The SMILES string of the molecule is CCCC(=O)CC(CCCCN)C(=O)CC(CC(C)C)C(=O)CC(C(=O)N(CC(=O)N(CC(=O)CC(C)C(C)=O)Cc1ccccc1)Cc1ccccc1)C(C)C. The predicted octanol–water partition coefficient (Wildman–Crippen LogP) is 7.59. The van der Waals surface area contributed by atoms with Crippen LogP contribution < -0.4 is 5.73 Å². The van der Waals surface area contributed by atoms with Gasteiger partial charge in [-0.1, -0.05) is 109 Å². The van der Waals surface area contributed by atoms with Crippen molar-refractivity contribution in [2.24, 2.45) is 41.2 Å². The normalized spacial score (nSPS) is 13.4. The average molecular weight is 788 g/mol. The first-order valence-corrected chi connectivity index (χ1v) is 21.0. The molecule has 4 atom stereocenters. The highest BCUT2D eigenvalue weighted by molar-refractivity contribution is 5.95. The first-order valence-electron chi connectivity index (χ1n) is 21.0. The lowest BCUT2D eigenvalue weighted by atomic mass is 9.79. The molecule has 10 heteroatoms. The summed E-state index contributed by atoms with van der Waals surface area (Å²) in [5.74, 6) is -3.85. The minimum atomic E-state index is -0.772. The van der Waals surface area contributed by atoms with Gasteiger partial charge < -0.3 is 15.5 Å². The third-order valence-corrected chi connectivity index (χ3v) is 10.7. The number of ketones is 5. The summed E-state index contributed by atoms with van der Waals surface area (Å²) in [6.07, 6.45) is 3.70. The van der Waals surface area contributed by atoms with Gasteiger partial charge in [0.1, 0.15) is 29.7 Å². The number of rotatable bonds is 29. The van der Waals surface area contributed by atoms with E-state index in [-0.39, 0.29) is 98.5 Å². The van der Waals surface area contributed by atoms with Gasteiger partial charge in [0.2, 0.25) is 11.8 Å². The molecule has 0 saturated carbocycles. The van der Waals surface area contributed by atoms with Crippen molar-refractivity contribution in [1.82, 2.24) is 9.80 Å². The number of carbonyl (C=O) groups excluding carboxylic acids is 7. The summed E-state index contributed by atoms with van der Waals surface area (Å²) in [6.45, 7) is 13.0. The Kier molecular flexibility index (Phi) is 22.1. The minimum Gasteiger partial charge on any atom is -0.330 e. The van der Waals surface area contributed by atoms with Crippen LogP contribution in [0.1, 0.15) is 124 Å². The molecule has 0 aliphatic rings. The van der Waals surface area contributed by atoms with Gasteiger partial charge in [-0.05, 0) is 62.1 Å². The highest BCUT2D eigenvalue weighted by Crippen LogP contribution is 2.29. The van der Waals surface area contributed by atoms with Crippen LogP contribution in [0.4, 0.5) is 0 Å². The zero-order valence-corrected chi connectivity index (χ0v) is 35.7. The summed E-state index contributed by atoms with van der Waals surface area (Å²) < 4.78 is 0. The number of nitrogens with zero attached hydrogens (tertiary/aromatic N) is 2. The number of hydrogen-bond acceptors (Lipinski definition) is 8. The molecule has 0 aromatic heterocycles. The molecule has 0 aliphatic carbocycles. The number of benzene rings is 2. The Hall–Kier alpha value is -4.31. The summed E-state index contributed by atoms with van der Waals surface area (Å²) in [5, 5.41) is 0. The molecule has 0 spiro atoms. The largest absolute Gasteiger partial charge is 0.330 e. The fourth-order valence-corrected chi connectivity index (χ4v) is 7.18. The molecule has 0 saturated heterocycles. The molecule has 0 radical (unpaired) electrons. The van der Waals surface area contributed by atoms with Crippen LogP contribution in [0.3, 0.4) is 0 Å². The maximum absolute atomic E-state index is 14.7. The summed E-state index contributed by atoms with van der Waals surface area (Å²) in [4.78, 5) is 97.7. The van der Waals surface area contributed by atoms with Crippen molar-refractivity contribution in [2.75, 3.05) is 19.6 Å². The topological polar surface area (TPSA) is 152 Å². The Labute approximate surface area is 341 Å². The van der Waals surface area contributed by atoms with Crippen LogP contribution in [0.2, 0.25) is 0 Å². The van der Waals surface area contributed by atoms with Gasteiger partial charge in [-0.25, -0.2) is 0 Å². The molecular formula is C47H69N3O7. The van der Waals surface area contributed by atoms with Gasteiger partial charge in [-0.2, -0.15) is 0 Å². The molecule has 2 N–H and O–H groups in total. The number of carbonyl (C=O) groups is 7. The van der Waals surface area contributed by atoms with Crippen LogP contribution in [0.15, 0.2) is 60.7 Å². The molecule has 2 aromatic carbocycles. The maximum Gasteiger partial charge on any atom is 0.242 e. The molecule has 4 unspecified atom stereocenters. The van der Waals surface area contributed by atoms with Gasteiger partial charge in [-0.3, -0.25) is 33.6 Å². The van der Waals surface area contributed by atoms with Gasteiger partial charge in [0, 0.05) is 68.9 Å². The number of unbranched alkanes of at least 4 members (excludes halogenated alkanes) is 1. The minimum absolute atomic E-state index is 0.00163. The molecule has 2 rings (SSSR count). The molecule has 0 bridgehead atoms. The Morgan fingerprint density at radius 1 is 0.649 bits per heavy atom. The van der Waals surface area contributed by atoms with E-state index in [0.717, 1.165) is 24.0 Å². The molecule has 10 nitrogen and oxygen atoms in total. The molecule has 0 fully saturated rings. The number of amides is 2. The lowest BCUT2D eigenvalue weighted by molar-refractivity contribution is -0.147. The maximum atomic E-state index is 14.7. The van der Waals surface area contributed by atoms with Gasteiger partial charge in [0.25, 0.3) is 0 Å². The highest BCUT2D eigenvalue weighted by Gasteiger charge is 2.35. The second-order valence-electron chi connectivity index (χ2n) is 16.7. The van der Waals surface area contributed by atoms with Crippen molar-refractivity contribution < 1.29 is 33.6 Å². The van der Waals surface area contributed by atoms with E-state index in [0.29, 0.717) is 32.2 Å². The molecule has 314 valence electrons. The van der Waals surface area contributed by atoms with Crippen molar-refractivity contribution in [1.29, 1.82) is 0 Å². The van der Waals surface area contributed by atoms with E-state index in [1.54, 1.807) is 6.92 Å². The Balaban J connectivity index is 2.43. The lowest BCUT2D eigenvalue weighted by Crippen LogP contribution is -2.47. The fourth-order valence-electron chi connectivity index (χ4n) is 7.18. The number of Topliss-reactive ketones (excluding diaryl/α,β-unsaturated/α-hetero) is 5. The second kappa shape index (κ2) is 25.8. The molecule has 2 aromatic rings. The fraction of sp³-hybridized carbons (Fsp3) is 0.596. The summed E-state index contributed by atoms with van der Waals surface area (Å²) in [5.41, 5.74) is 7.33. The molecular weight excluding hydrogens is 719 g/mol. The second-order valence-corrected chi connectivity index (χ2v) is 16.7. The van der Waals surface area contributed by atoms with Crippen LogP contribution in [0.5, 0.6) is 0 Å². The van der Waals surface area contributed by atoms with E-state index in [2.05, 4.69) is 0 Å². The molecule has 2 amide bonds. The quantitative estimate of drug-likeness (QED) is 0.0829. The van der Waals surface area contributed by atoms with Crippen LogP contribution in [0.25, 0.3) is 0 Å². The van der Waals surface area contributed by atoms with Crippen molar-refractivity contribution in [3.05, 3.63) is 71.8 Å². The van der Waals surface area contributed by atoms with Gasteiger partial charge in [-0.15, -0.1) is 0 Å². The van der Waals surface area contributed by atoms with Crippen LogP contribution in [-0.4, -0.2) is 70.2 Å². The first kappa shape index (κ1) is 48.8. The molecule has 0 aliphatic heterocycles. The van der Waals surface area contributed by atoms with E-state index in [1.807, 2.05) is 95.3 Å². The first-order chi connectivity index (χ1) is 27.1. The van der Waals surface area contributed by atoms with Crippen LogP contribution in [0, 0.1) is 35.5 Å². The Bertz CT molecular complexity index is 1590. The van der Waals surface area contributed by atoms with Crippen LogP contribution in [-0.2, 0) is 46.7 Å². The van der Waals surface area contributed by atoms with Crippen molar-refractivity contribution >= 4 is 40.7 Å². The van der Waals surface area contributed by atoms with E-state index in [4.69, 9.17) is 5.73 Å². The molecule has 57 heavy (non-hydrogen) atoms. The zero-order chi connectivity index (χ0) is 42.5. The Morgan fingerprint density at radius 3 is 1.72 bits per heavy atom. The number of hydrogen-bond donors (Lipinski definition) is 1. The predicted molar refractivity (Wildman–Crippen MR) is 225 cm³/mol. The summed E-state index contributed by atoms with van der Waals surface area (Å²) in [6, 6.07) is 18.6. The Morgan fingerprint density at radius 2 is 1.21 bits per heavy atom. The van der Waals surface area contributed by atoms with Gasteiger partial charge >= 0.3 is 0 Å². The average Bonchev–Trinajstić information content (AvgIpc) is 3.15. The standard InChI is InChI=1S/C47H69N3O7/c1-8-17-41(52)26-39(22-15-16-23-48)44(54)27-40(24-33(2)3)45(55)28-43(34(4)5)47(57)50(30-38-20-13-10-14-21-38)32-46(56)49(29-37-18-11-9-12-19-37)31-42(53)25-35(6)36(7)51/h9-14,18-21,33-35,39-40,43H,8,15-17,22-32,48H2,1-7H3. The lowest BCUT2D eigenvalue weighted by Gasteiger charge is -2.32. The monoisotopic (exact) mass is 788 g/mol. The van der Waals surface area contributed by atoms with Gasteiger partial charge in [0.05, 0.1) is 6.54 Å².